The first-order valence-electron chi connectivity index (χ1n) is 5.50. The molecule has 4 heteroatoms. The Balaban J connectivity index is 2.62. The maximum Gasteiger partial charge on any atom is 0.236 e. The number of likely N-dealkylation sites (N-methyl/N-ethyl adjacent to an activating group) is 1. The molecule has 0 spiro atoms. The van der Waals surface area contributed by atoms with E-state index < -0.39 is 0 Å². The Morgan fingerprint density at radius 2 is 2.06 bits per heavy atom. The molecule has 0 heterocycles. The van der Waals surface area contributed by atoms with Crippen LogP contribution in [0.15, 0.2) is 30.3 Å². The summed E-state index contributed by atoms with van der Waals surface area (Å²) < 4.78 is 0. The Kier molecular flexibility index (Phi) is 5.18. The van der Waals surface area contributed by atoms with E-state index in [1.807, 2.05) is 30.3 Å². The number of amides is 1. The van der Waals surface area contributed by atoms with Crippen LogP contribution in [0.4, 0.5) is 0 Å². The molecule has 0 radical (unpaired) electrons. The molecule has 17 heavy (non-hydrogen) atoms. The first-order valence-corrected chi connectivity index (χ1v) is 5.50. The van der Waals surface area contributed by atoms with Crippen molar-refractivity contribution < 1.29 is 4.79 Å². The molecule has 0 saturated heterocycles. The molecule has 0 aliphatic carbocycles. The fourth-order valence-corrected chi connectivity index (χ4v) is 1.45. The number of benzene rings is 1. The SMILES string of the molecule is CN(C)C(=O)CNC(CC#N)c1ccccc1. The molecule has 1 amide bonds. The molecule has 90 valence electrons. The number of nitrogens with zero attached hydrogens (tertiary/aromatic N) is 2. The number of nitrogens with one attached hydrogen (secondary N) is 1. The van der Waals surface area contributed by atoms with E-state index in [9.17, 15) is 4.79 Å². The quantitative estimate of drug-likeness (QED) is 0.831. The summed E-state index contributed by atoms with van der Waals surface area (Å²) in [5, 5.41) is 11.9. The second-order valence-electron chi connectivity index (χ2n) is 3.99. The maximum absolute atomic E-state index is 11.5. The third-order valence-corrected chi connectivity index (χ3v) is 2.50. The van der Waals surface area contributed by atoms with Crippen molar-refractivity contribution in [1.29, 1.82) is 5.26 Å². The third-order valence-electron chi connectivity index (χ3n) is 2.50. The van der Waals surface area contributed by atoms with Gasteiger partial charge in [0.2, 0.25) is 5.91 Å². The minimum Gasteiger partial charge on any atom is -0.348 e. The van der Waals surface area contributed by atoms with Crippen LogP contribution >= 0.6 is 0 Å². The minimum atomic E-state index is -0.0925. The summed E-state index contributed by atoms with van der Waals surface area (Å²) in [4.78, 5) is 13.0. The Morgan fingerprint density at radius 1 is 1.41 bits per heavy atom. The number of carbonyl (C=O) groups excluding carboxylic acids is 1. The lowest BCUT2D eigenvalue weighted by Gasteiger charge is -2.17. The van der Waals surface area contributed by atoms with Crippen LogP contribution in [0, 0.1) is 11.3 Å². The van der Waals surface area contributed by atoms with Gasteiger partial charge in [0.1, 0.15) is 0 Å². The fraction of sp³-hybridized carbons (Fsp3) is 0.385. The number of hydrogen-bond acceptors (Lipinski definition) is 3. The van der Waals surface area contributed by atoms with Gasteiger partial charge < -0.3 is 10.2 Å². The van der Waals surface area contributed by atoms with E-state index in [0.717, 1.165) is 5.56 Å². The van der Waals surface area contributed by atoms with Crippen molar-refractivity contribution in [3.63, 3.8) is 0 Å². The second kappa shape index (κ2) is 6.66. The second-order valence-corrected chi connectivity index (χ2v) is 3.99. The zero-order valence-corrected chi connectivity index (χ0v) is 10.2. The minimum absolute atomic E-state index is 0.00358. The molecule has 4 nitrogen and oxygen atoms in total. The number of hydrogen-bond donors (Lipinski definition) is 1. The average Bonchev–Trinajstić information content (AvgIpc) is 2.35. The molecule has 1 rings (SSSR count). The highest BCUT2D eigenvalue weighted by atomic mass is 16.2. The standard InChI is InChI=1S/C13H17N3O/c1-16(2)13(17)10-15-12(8-9-14)11-6-4-3-5-7-11/h3-7,12,15H,8,10H2,1-2H3. The summed E-state index contributed by atoms with van der Waals surface area (Å²) >= 11 is 0. The Labute approximate surface area is 102 Å². The summed E-state index contributed by atoms with van der Waals surface area (Å²) in [6.07, 6.45) is 0.352. The normalized spacial score (nSPS) is 11.6. The first-order chi connectivity index (χ1) is 8.15. The van der Waals surface area contributed by atoms with Gasteiger partial charge in [0.05, 0.1) is 19.0 Å². The largest absolute Gasteiger partial charge is 0.348 e. The summed E-state index contributed by atoms with van der Waals surface area (Å²) in [7, 11) is 3.43. The first kappa shape index (κ1) is 13.2. The van der Waals surface area contributed by atoms with E-state index in [0.29, 0.717) is 6.42 Å². The van der Waals surface area contributed by atoms with Crippen LogP contribution in [-0.4, -0.2) is 31.4 Å². The highest BCUT2D eigenvalue weighted by molar-refractivity contribution is 5.77. The Hall–Kier alpha value is -1.86. The van der Waals surface area contributed by atoms with Crippen LogP contribution in [0.25, 0.3) is 0 Å². The molecule has 0 aliphatic rings. The van der Waals surface area contributed by atoms with Gasteiger partial charge in [-0.15, -0.1) is 0 Å². The van der Waals surface area contributed by atoms with Crippen molar-refractivity contribution in [2.24, 2.45) is 0 Å². The van der Waals surface area contributed by atoms with E-state index in [1.54, 1.807) is 14.1 Å². The predicted molar refractivity (Wildman–Crippen MR) is 66.1 cm³/mol. The van der Waals surface area contributed by atoms with Gasteiger partial charge in [0.25, 0.3) is 0 Å². The zero-order valence-electron chi connectivity index (χ0n) is 10.2. The van der Waals surface area contributed by atoms with Gasteiger partial charge in [-0.1, -0.05) is 30.3 Å². The van der Waals surface area contributed by atoms with Gasteiger partial charge in [-0.2, -0.15) is 5.26 Å². The highest BCUT2D eigenvalue weighted by Gasteiger charge is 2.12. The fourth-order valence-electron chi connectivity index (χ4n) is 1.45. The molecule has 0 fully saturated rings. The van der Waals surface area contributed by atoms with E-state index >= 15 is 0 Å². The van der Waals surface area contributed by atoms with Crippen LogP contribution in [0.3, 0.4) is 0 Å². The highest BCUT2D eigenvalue weighted by Crippen LogP contribution is 2.15. The average molecular weight is 231 g/mol. The zero-order chi connectivity index (χ0) is 12.7. The number of rotatable bonds is 5. The Bertz CT molecular complexity index is 395. The van der Waals surface area contributed by atoms with Gasteiger partial charge >= 0.3 is 0 Å². The summed E-state index contributed by atoms with van der Waals surface area (Å²) in [6, 6.07) is 11.7. The predicted octanol–water partition coefficient (Wildman–Crippen LogP) is 1.32. The molecular formula is C13H17N3O. The topological polar surface area (TPSA) is 56.1 Å². The van der Waals surface area contributed by atoms with Crippen molar-refractivity contribution in [3.8, 4) is 6.07 Å². The van der Waals surface area contributed by atoms with Crippen molar-refractivity contribution in [2.45, 2.75) is 12.5 Å². The van der Waals surface area contributed by atoms with Crippen molar-refractivity contribution in [3.05, 3.63) is 35.9 Å². The smallest absolute Gasteiger partial charge is 0.236 e. The van der Waals surface area contributed by atoms with Crippen LogP contribution in [0.1, 0.15) is 18.0 Å². The van der Waals surface area contributed by atoms with Crippen LogP contribution in [0.2, 0.25) is 0 Å². The van der Waals surface area contributed by atoms with Crippen molar-refractivity contribution >= 4 is 5.91 Å². The monoisotopic (exact) mass is 231 g/mol. The van der Waals surface area contributed by atoms with Crippen molar-refractivity contribution in [2.75, 3.05) is 20.6 Å². The molecule has 1 unspecified atom stereocenters. The molecule has 1 atom stereocenters. The van der Waals surface area contributed by atoms with Gasteiger partial charge in [-0.3, -0.25) is 4.79 Å². The van der Waals surface area contributed by atoms with Crippen LogP contribution in [0.5, 0.6) is 0 Å². The van der Waals surface area contributed by atoms with Gasteiger partial charge in [0, 0.05) is 20.1 Å². The summed E-state index contributed by atoms with van der Waals surface area (Å²) in [6.45, 7) is 0.244. The molecule has 0 bridgehead atoms. The van der Waals surface area contributed by atoms with Crippen molar-refractivity contribution in [1.82, 2.24) is 10.2 Å². The number of carbonyl (C=O) groups is 1. The summed E-state index contributed by atoms with van der Waals surface area (Å²) in [5.41, 5.74) is 1.03. The molecule has 1 N–H and O–H groups in total. The molecule has 0 aromatic heterocycles. The molecular weight excluding hydrogens is 214 g/mol. The lowest BCUT2D eigenvalue weighted by Crippen LogP contribution is -2.34. The van der Waals surface area contributed by atoms with Gasteiger partial charge in [-0.05, 0) is 5.56 Å². The third kappa shape index (κ3) is 4.25. The number of nitriles is 1. The molecule has 1 aromatic rings. The van der Waals surface area contributed by atoms with Crippen LogP contribution in [-0.2, 0) is 4.79 Å². The maximum atomic E-state index is 11.5. The molecule has 0 aliphatic heterocycles. The van der Waals surface area contributed by atoms with Gasteiger partial charge in [0.15, 0.2) is 0 Å². The van der Waals surface area contributed by atoms with Gasteiger partial charge in [-0.25, -0.2) is 0 Å². The van der Waals surface area contributed by atoms with E-state index in [1.165, 1.54) is 4.90 Å². The lowest BCUT2D eigenvalue weighted by atomic mass is 10.0. The van der Waals surface area contributed by atoms with E-state index in [2.05, 4.69) is 11.4 Å². The van der Waals surface area contributed by atoms with Crippen LogP contribution < -0.4 is 5.32 Å². The summed E-state index contributed by atoms with van der Waals surface area (Å²) in [5.74, 6) is 0.00358. The Morgan fingerprint density at radius 3 is 2.59 bits per heavy atom. The molecule has 0 saturated carbocycles. The van der Waals surface area contributed by atoms with E-state index in [-0.39, 0.29) is 18.5 Å². The van der Waals surface area contributed by atoms with E-state index in [4.69, 9.17) is 5.26 Å². The lowest BCUT2D eigenvalue weighted by molar-refractivity contribution is -0.127. The molecule has 1 aromatic carbocycles.